The molecule has 1 aliphatic heterocycles. The predicted octanol–water partition coefficient (Wildman–Crippen LogP) is 7.40. The molecule has 0 radical (unpaired) electrons. The van der Waals surface area contributed by atoms with Crippen molar-refractivity contribution in [2.45, 2.75) is 25.6 Å². The third-order valence-electron chi connectivity index (χ3n) is 5.90. The highest BCUT2D eigenvalue weighted by Gasteiger charge is 2.34. The summed E-state index contributed by atoms with van der Waals surface area (Å²) in [5, 5.41) is 0.357. The van der Waals surface area contributed by atoms with Gasteiger partial charge in [0.05, 0.1) is 17.7 Å². The molecule has 2 aromatic rings. The molecule has 0 spiro atoms. The molecule has 32 heavy (non-hydrogen) atoms. The zero-order valence-electron chi connectivity index (χ0n) is 17.5. The van der Waals surface area contributed by atoms with Crippen molar-refractivity contribution in [2.75, 3.05) is 20.2 Å². The molecular weight excluding hydrogens is 458 g/mol. The van der Waals surface area contributed by atoms with Crippen LogP contribution in [0.2, 0.25) is 5.02 Å². The zero-order chi connectivity index (χ0) is 23.0. The summed E-state index contributed by atoms with van der Waals surface area (Å²) < 4.78 is 46.0. The normalized spacial score (nSPS) is 17.0. The van der Waals surface area contributed by atoms with Crippen LogP contribution in [0.1, 0.15) is 23.1 Å². The van der Waals surface area contributed by atoms with Gasteiger partial charge < -0.3 is 4.74 Å². The average Bonchev–Trinajstić information content (AvgIpc) is 2.75. The van der Waals surface area contributed by atoms with Crippen molar-refractivity contribution in [3.05, 3.63) is 87.0 Å². The van der Waals surface area contributed by atoms with Gasteiger partial charge in [-0.15, -0.1) is 0 Å². The molecule has 0 fully saturated rings. The van der Waals surface area contributed by atoms with Crippen LogP contribution in [-0.4, -0.2) is 25.1 Å². The summed E-state index contributed by atoms with van der Waals surface area (Å²) in [5.41, 5.74) is 4.47. The Morgan fingerprint density at radius 3 is 2.59 bits per heavy atom. The Kier molecular flexibility index (Phi) is 6.44. The van der Waals surface area contributed by atoms with Crippen molar-refractivity contribution in [2.24, 2.45) is 0 Å². The lowest BCUT2D eigenvalue weighted by molar-refractivity contribution is -0.137. The summed E-state index contributed by atoms with van der Waals surface area (Å²) >= 11 is 12.0. The molecule has 2 nitrogen and oxygen atoms in total. The number of nitrogens with zero attached hydrogens (tertiary/aromatic N) is 1. The third kappa shape index (κ3) is 4.61. The van der Waals surface area contributed by atoms with E-state index in [4.69, 9.17) is 27.9 Å². The number of hydrogen-bond donors (Lipinski definition) is 0. The number of benzene rings is 2. The van der Waals surface area contributed by atoms with Crippen LogP contribution in [0.15, 0.2) is 65.2 Å². The van der Waals surface area contributed by atoms with Crippen LogP contribution in [0.3, 0.4) is 0 Å². The quantitative estimate of drug-likeness (QED) is 0.452. The summed E-state index contributed by atoms with van der Waals surface area (Å²) in [4.78, 5) is 2.29. The molecule has 0 amide bonds. The maximum atomic E-state index is 13.5. The molecule has 0 aromatic heterocycles. The van der Waals surface area contributed by atoms with E-state index in [0.29, 0.717) is 28.5 Å². The van der Waals surface area contributed by atoms with E-state index in [1.807, 2.05) is 24.3 Å². The minimum Gasteiger partial charge on any atom is -0.496 e. The lowest BCUT2D eigenvalue weighted by Crippen LogP contribution is -2.33. The molecule has 2 aromatic carbocycles. The number of halogens is 5. The fourth-order valence-corrected chi connectivity index (χ4v) is 4.66. The Morgan fingerprint density at radius 1 is 1.12 bits per heavy atom. The van der Waals surface area contributed by atoms with Crippen LogP contribution < -0.4 is 4.74 Å². The highest BCUT2D eigenvalue weighted by molar-refractivity contribution is 6.32. The van der Waals surface area contributed by atoms with E-state index in [1.165, 1.54) is 18.7 Å². The maximum absolute atomic E-state index is 13.5. The van der Waals surface area contributed by atoms with E-state index in [2.05, 4.69) is 11.5 Å². The SMILES string of the molecule is C=C1CC(CN2CCc3ccc(OC)c(-c4ccc(Cl)c(C(F)(F)F)c4)c3C2)=CC=C1Cl. The summed E-state index contributed by atoms with van der Waals surface area (Å²) in [6, 6.07) is 7.86. The number of allylic oxidation sites excluding steroid dienone is 4. The van der Waals surface area contributed by atoms with Gasteiger partial charge in [0, 0.05) is 30.2 Å². The van der Waals surface area contributed by atoms with Crippen LogP contribution in [-0.2, 0) is 19.1 Å². The monoisotopic (exact) mass is 479 g/mol. The summed E-state index contributed by atoms with van der Waals surface area (Å²) in [7, 11) is 1.53. The zero-order valence-corrected chi connectivity index (χ0v) is 19.0. The molecule has 0 unspecified atom stereocenters. The van der Waals surface area contributed by atoms with Crippen LogP contribution in [0.5, 0.6) is 5.75 Å². The van der Waals surface area contributed by atoms with E-state index in [0.717, 1.165) is 48.7 Å². The van der Waals surface area contributed by atoms with Crippen molar-refractivity contribution in [1.82, 2.24) is 4.90 Å². The number of ether oxygens (including phenoxy) is 1. The molecule has 4 rings (SSSR count). The van der Waals surface area contributed by atoms with Gasteiger partial charge in [-0.1, -0.05) is 53.6 Å². The number of alkyl halides is 3. The van der Waals surface area contributed by atoms with Crippen LogP contribution in [0.4, 0.5) is 13.2 Å². The van der Waals surface area contributed by atoms with Gasteiger partial charge in [-0.2, -0.15) is 13.2 Å². The largest absolute Gasteiger partial charge is 0.496 e. The number of rotatable bonds is 4. The molecule has 2 aliphatic rings. The van der Waals surface area contributed by atoms with Crippen LogP contribution in [0.25, 0.3) is 11.1 Å². The van der Waals surface area contributed by atoms with Crippen molar-refractivity contribution >= 4 is 23.2 Å². The van der Waals surface area contributed by atoms with Gasteiger partial charge in [-0.25, -0.2) is 0 Å². The molecule has 168 valence electrons. The Morgan fingerprint density at radius 2 is 1.91 bits per heavy atom. The first kappa shape index (κ1) is 23.0. The maximum Gasteiger partial charge on any atom is 0.417 e. The van der Waals surface area contributed by atoms with Gasteiger partial charge in [-0.3, -0.25) is 4.90 Å². The molecule has 1 heterocycles. The number of fused-ring (bicyclic) bond motifs is 1. The van der Waals surface area contributed by atoms with E-state index < -0.39 is 11.7 Å². The Hall–Kier alpha value is -2.21. The molecule has 7 heteroatoms. The second kappa shape index (κ2) is 8.97. The van der Waals surface area contributed by atoms with E-state index in [-0.39, 0.29) is 5.02 Å². The minimum absolute atomic E-state index is 0.317. The second-order valence-electron chi connectivity index (χ2n) is 8.05. The predicted molar refractivity (Wildman–Crippen MR) is 123 cm³/mol. The average molecular weight is 480 g/mol. The summed E-state index contributed by atoms with van der Waals surface area (Å²) in [6.45, 7) is 6.21. The second-order valence-corrected chi connectivity index (χ2v) is 8.87. The fraction of sp³-hybridized carbons (Fsp3) is 0.280. The lowest BCUT2D eigenvalue weighted by atomic mass is 9.89. The van der Waals surface area contributed by atoms with E-state index >= 15 is 0 Å². The van der Waals surface area contributed by atoms with Crippen molar-refractivity contribution in [3.8, 4) is 16.9 Å². The Labute approximate surface area is 195 Å². The van der Waals surface area contributed by atoms with E-state index in [1.54, 1.807) is 6.07 Å². The van der Waals surface area contributed by atoms with Crippen molar-refractivity contribution < 1.29 is 17.9 Å². The van der Waals surface area contributed by atoms with Crippen molar-refractivity contribution in [1.29, 1.82) is 0 Å². The Balaban J connectivity index is 1.72. The smallest absolute Gasteiger partial charge is 0.417 e. The molecular formula is C25H22Cl2F3NO. The number of hydrogen-bond acceptors (Lipinski definition) is 2. The van der Waals surface area contributed by atoms with Gasteiger partial charge in [0.25, 0.3) is 0 Å². The van der Waals surface area contributed by atoms with Gasteiger partial charge in [0.15, 0.2) is 0 Å². The molecule has 1 aliphatic carbocycles. The summed E-state index contributed by atoms with van der Waals surface area (Å²) in [5.74, 6) is 0.543. The molecule has 0 saturated heterocycles. The van der Waals surface area contributed by atoms with Gasteiger partial charge in [0.2, 0.25) is 0 Å². The standard InChI is InChI=1S/C25H22Cl2F3NO/c1-15-11-16(3-6-21(15)26)13-31-10-9-17-5-8-23(32-2)24(19(17)14-31)18-4-7-22(27)20(12-18)25(28,29)30/h3-8,12H,1,9-11,13-14H2,2H3. The van der Waals surface area contributed by atoms with Gasteiger partial charge in [0.1, 0.15) is 5.75 Å². The van der Waals surface area contributed by atoms with E-state index in [9.17, 15) is 13.2 Å². The molecule has 0 N–H and O–H groups in total. The van der Waals surface area contributed by atoms with Crippen LogP contribution in [0, 0.1) is 0 Å². The highest BCUT2D eigenvalue weighted by atomic mass is 35.5. The molecule has 0 atom stereocenters. The minimum atomic E-state index is -4.54. The van der Waals surface area contributed by atoms with Gasteiger partial charge >= 0.3 is 6.18 Å². The topological polar surface area (TPSA) is 12.5 Å². The van der Waals surface area contributed by atoms with Crippen LogP contribution >= 0.6 is 23.2 Å². The fourth-order valence-electron chi connectivity index (χ4n) is 4.31. The molecule has 0 saturated carbocycles. The van der Waals surface area contributed by atoms with Gasteiger partial charge in [-0.05, 0) is 59.4 Å². The first-order valence-corrected chi connectivity index (χ1v) is 10.9. The first-order chi connectivity index (χ1) is 15.2. The molecule has 0 bridgehead atoms. The third-order valence-corrected chi connectivity index (χ3v) is 6.62. The Bertz CT molecular complexity index is 1130. The highest BCUT2D eigenvalue weighted by Crippen LogP contribution is 2.42. The first-order valence-electron chi connectivity index (χ1n) is 10.2. The summed E-state index contributed by atoms with van der Waals surface area (Å²) in [6.07, 6.45) is 0.869. The number of methoxy groups -OCH3 is 1. The van der Waals surface area contributed by atoms with Crippen molar-refractivity contribution in [3.63, 3.8) is 0 Å². The lowest BCUT2D eigenvalue weighted by Gasteiger charge is -2.32.